The Bertz CT molecular complexity index is 65.6. The van der Waals surface area contributed by atoms with Crippen molar-refractivity contribution in [3.8, 4) is 0 Å². The van der Waals surface area contributed by atoms with Crippen molar-refractivity contribution >= 4 is 6.21 Å². The zero-order valence-electron chi connectivity index (χ0n) is 5.31. The number of hydrogen-bond acceptors (Lipinski definition) is 0. The van der Waals surface area contributed by atoms with Crippen LogP contribution in [0.1, 0.15) is 0 Å². The molecule has 0 radical (unpaired) electrons. The molecule has 0 saturated carbocycles. The molecule has 0 bridgehead atoms. The van der Waals surface area contributed by atoms with E-state index in [0.717, 1.165) is 12.3 Å². The van der Waals surface area contributed by atoms with Crippen LogP contribution in [0.15, 0.2) is 18.2 Å². The average Bonchev–Trinajstić information content (AvgIpc) is 1.88. The topological polar surface area (TPSA) is 22.3 Å². The SMILES string of the molecule is [CH-]=CC=[CH-].[CH-]=CC=[N-].[W+2].[W+2]. The van der Waals surface area contributed by atoms with E-state index in [1.807, 2.05) is 0 Å². The van der Waals surface area contributed by atoms with Crippen LogP contribution in [0, 0.1) is 19.7 Å². The standard InChI is InChI=1S/C4H4.C3H3N.2W/c1-3-4-2;1-2-3-4;;/h1-4H;1-3H;;/q2*-2;2*+2. The van der Waals surface area contributed by atoms with Crippen molar-refractivity contribution in [2.24, 2.45) is 0 Å². The van der Waals surface area contributed by atoms with Crippen LogP contribution in [0.2, 0.25) is 0 Å². The first kappa shape index (κ1) is 22.4. The molecule has 0 aromatic rings. The molecule has 0 aromatic heterocycles. The molecule has 0 fully saturated rings. The van der Waals surface area contributed by atoms with Gasteiger partial charge in [-0.25, -0.2) is 0 Å². The molecular weight excluding hydrogens is 466 g/mol. The zero-order chi connectivity index (χ0) is 6.83. The summed E-state index contributed by atoms with van der Waals surface area (Å²) >= 11 is 0. The van der Waals surface area contributed by atoms with E-state index in [1.165, 1.54) is 12.2 Å². The van der Waals surface area contributed by atoms with Gasteiger partial charge in [-0.2, -0.15) is 0 Å². The van der Waals surface area contributed by atoms with Crippen LogP contribution < -0.4 is 0 Å². The van der Waals surface area contributed by atoms with Gasteiger partial charge in [-0.15, -0.1) is 0 Å². The van der Waals surface area contributed by atoms with Gasteiger partial charge in [0, 0.05) is 0 Å². The molecule has 3 heteroatoms. The van der Waals surface area contributed by atoms with Crippen molar-refractivity contribution in [1.29, 1.82) is 0 Å². The Balaban J connectivity index is -0.0000000300. The smallest absolute Gasteiger partial charge is 0.911 e. The van der Waals surface area contributed by atoms with Gasteiger partial charge < -0.3 is 36.9 Å². The van der Waals surface area contributed by atoms with E-state index in [-0.39, 0.29) is 42.1 Å². The van der Waals surface area contributed by atoms with E-state index in [0.29, 0.717) is 0 Å². The third-order valence-corrected chi connectivity index (χ3v) is 0.197. The molecule has 10 heavy (non-hydrogen) atoms. The molecule has 0 spiro atoms. The molecule has 0 N–H and O–H groups in total. The van der Waals surface area contributed by atoms with E-state index in [9.17, 15) is 0 Å². The fourth-order valence-electron chi connectivity index (χ4n) is 0. The molecular formula is C7H7NW2. The maximum atomic E-state index is 7.57. The summed E-state index contributed by atoms with van der Waals surface area (Å²) in [6, 6.07) is 0. The summed E-state index contributed by atoms with van der Waals surface area (Å²) in [5, 5.41) is 7.57. The van der Waals surface area contributed by atoms with Crippen LogP contribution >= 0.6 is 0 Å². The van der Waals surface area contributed by atoms with E-state index in [4.69, 9.17) is 18.6 Å². The minimum Gasteiger partial charge on any atom is -0.911 e. The predicted octanol–water partition coefficient (Wildman–Crippen LogP) is 1.58. The Kier molecular flexibility index (Phi) is 78.1. The van der Waals surface area contributed by atoms with E-state index < -0.39 is 0 Å². The normalized spacial score (nSPS) is 4.00. The van der Waals surface area contributed by atoms with Crippen molar-refractivity contribution < 1.29 is 42.1 Å². The van der Waals surface area contributed by atoms with Gasteiger partial charge in [-0.05, 0) is 0 Å². The van der Waals surface area contributed by atoms with Gasteiger partial charge in [0.25, 0.3) is 0 Å². The van der Waals surface area contributed by atoms with Gasteiger partial charge in [0.2, 0.25) is 0 Å². The van der Waals surface area contributed by atoms with Gasteiger partial charge in [0.05, 0.1) is 0 Å². The molecule has 1 nitrogen and oxygen atoms in total. The summed E-state index contributed by atoms with van der Waals surface area (Å²) in [7, 11) is 0. The summed E-state index contributed by atoms with van der Waals surface area (Å²) in [4.78, 5) is 0. The number of hydrogen-bond donors (Lipinski definition) is 0. The summed E-state index contributed by atoms with van der Waals surface area (Å²) in [5.41, 5.74) is 0. The first-order chi connectivity index (χ1) is 3.83. The minimum absolute atomic E-state index is 0. The molecule has 0 aliphatic rings. The summed E-state index contributed by atoms with van der Waals surface area (Å²) < 4.78 is 0. The second kappa shape index (κ2) is 34.8. The molecule has 0 amide bonds. The Morgan fingerprint density at radius 3 is 1.00 bits per heavy atom. The second-order valence-corrected chi connectivity index (χ2v) is 0.726. The maximum Gasteiger partial charge on any atom is 2.00 e. The van der Waals surface area contributed by atoms with Crippen molar-refractivity contribution in [3.05, 3.63) is 43.4 Å². The Hall–Kier alpha value is 0.267. The van der Waals surface area contributed by atoms with Gasteiger partial charge in [-0.3, -0.25) is 12.7 Å². The maximum absolute atomic E-state index is 7.57. The van der Waals surface area contributed by atoms with Crippen molar-refractivity contribution in [3.63, 3.8) is 0 Å². The van der Waals surface area contributed by atoms with Crippen molar-refractivity contribution in [1.82, 2.24) is 0 Å². The van der Waals surface area contributed by atoms with Crippen LogP contribution in [0.25, 0.3) is 5.41 Å². The molecule has 0 atom stereocenters. The van der Waals surface area contributed by atoms with Crippen molar-refractivity contribution in [2.75, 3.05) is 0 Å². The number of nitrogens with zero attached hydrogens (tertiary/aromatic N) is 1. The summed E-state index contributed by atoms with van der Waals surface area (Å²) in [6.07, 6.45) is 4.39. The second-order valence-electron chi connectivity index (χ2n) is 0.726. The summed E-state index contributed by atoms with van der Waals surface area (Å²) in [6.45, 7) is 14.0. The van der Waals surface area contributed by atoms with Gasteiger partial charge in [0.1, 0.15) is 0 Å². The van der Waals surface area contributed by atoms with Crippen LogP contribution in [0.4, 0.5) is 0 Å². The van der Waals surface area contributed by atoms with Crippen molar-refractivity contribution in [2.45, 2.75) is 0 Å². The third-order valence-electron chi connectivity index (χ3n) is 0.197. The van der Waals surface area contributed by atoms with Gasteiger partial charge in [0.15, 0.2) is 0 Å². The molecule has 0 unspecified atom stereocenters. The largest absolute Gasteiger partial charge is 2.00 e. The van der Waals surface area contributed by atoms with Crippen LogP contribution in [-0.2, 0) is 42.1 Å². The monoisotopic (exact) mass is 473 g/mol. The molecule has 0 saturated heterocycles. The third kappa shape index (κ3) is 85.0. The van der Waals surface area contributed by atoms with Crippen LogP contribution in [-0.4, -0.2) is 6.21 Å². The Morgan fingerprint density at radius 1 is 0.800 bits per heavy atom. The number of allylic oxidation sites excluding steroid dienone is 3. The Morgan fingerprint density at radius 2 is 1.00 bits per heavy atom. The van der Waals surface area contributed by atoms with Gasteiger partial charge >= 0.3 is 42.1 Å². The Labute approximate surface area is 91.3 Å². The minimum atomic E-state index is 0. The van der Waals surface area contributed by atoms with E-state index in [1.54, 1.807) is 0 Å². The fourth-order valence-corrected chi connectivity index (χ4v) is 0. The van der Waals surface area contributed by atoms with Crippen LogP contribution in [0.3, 0.4) is 0 Å². The van der Waals surface area contributed by atoms with Crippen LogP contribution in [0.5, 0.6) is 0 Å². The molecule has 0 aromatic carbocycles. The van der Waals surface area contributed by atoms with Gasteiger partial charge in [-0.1, -0.05) is 0 Å². The first-order valence-electron chi connectivity index (χ1n) is 1.92. The van der Waals surface area contributed by atoms with E-state index >= 15 is 0 Å². The molecule has 0 aliphatic carbocycles. The number of rotatable bonds is 2. The predicted molar refractivity (Wildman–Crippen MR) is 36.0 cm³/mol. The first-order valence-corrected chi connectivity index (χ1v) is 1.92. The molecule has 52 valence electrons. The average molecular weight is 473 g/mol. The quantitative estimate of drug-likeness (QED) is 0.331. The molecule has 0 heterocycles. The zero-order valence-corrected chi connectivity index (χ0v) is 11.2. The fraction of sp³-hybridized carbons (Fsp3) is 0. The molecule has 0 aliphatic heterocycles. The van der Waals surface area contributed by atoms with E-state index in [2.05, 4.69) is 6.58 Å². The molecule has 0 rings (SSSR count). The summed E-state index contributed by atoms with van der Waals surface area (Å²) in [5.74, 6) is 0.